The summed E-state index contributed by atoms with van der Waals surface area (Å²) in [5.41, 5.74) is 1.32. The Balaban J connectivity index is 1.49. The Morgan fingerprint density at radius 3 is 2.75 bits per heavy atom. The van der Waals surface area contributed by atoms with Crippen LogP contribution in [0.1, 0.15) is 44.6 Å². The van der Waals surface area contributed by atoms with Crippen LogP contribution in [0.4, 0.5) is 0 Å². The monoisotopic (exact) mass is 388 g/mol. The van der Waals surface area contributed by atoms with Crippen molar-refractivity contribution in [2.24, 2.45) is 4.99 Å². The molecule has 0 atom stereocenters. The molecule has 0 radical (unpaired) electrons. The highest BCUT2D eigenvalue weighted by Crippen LogP contribution is 2.09. The van der Waals surface area contributed by atoms with Crippen LogP contribution in [0.2, 0.25) is 0 Å². The zero-order valence-corrected chi connectivity index (χ0v) is 17.3. The highest BCUT2D eigenvalue weighted by atomic mass is 16.5. The zero-order valence-electron chi connectivity index (χ0n) is 17.3. The highest BCUT2D eigenvalue weighted by Gasteiger charge is 2.18. The highest BCUT2D eigenvalue weighted by molar-refractivity contribution is 5.79. The van der Waals surface area contributed by atoms with Gasteiger partial charge in [-0.1, -0.05) is 30.3 Å². The lowest BCUT2D eigenvalue weighted by Crippen LogP contribution is -2.38. The third-order valence-corrected chi connectivity index (χ3v) is 4.76. The molecule has 1 aliphatic rings. The van der Waals surface area contributed by atoms with Crippen LogP contribution in [0.5, 0.6) is 0 Å². The van der Waals surface area contributed by atoms with E-state index >= 15 is 0 Å². The van der Waals surface area contributed by atoms with Crippen LogP contribution in [0.3, 0.4) is 0 Å². The molecule has 2 rings (SSSR count). The molecule has 6 nitrogen and oxygen atoms in total. The van der Waals surface area contributed by atoms with Gasteiger partial charge in [-0.25, -0.2) is 0 Å². The van der Waals surface area contributed by atoms with Gasteiger partial charge in [0.25, 0.3) is 0 Å². The lowest BCUT2D eigenvalue weighted by atomic mass is 10.2. The van der Waals surface area contributed by atoms with Gasteiger partial charge < -0.3 is 20.3 Å². The number of carbonyl (C=O) groups excluding carboxylic acids is 1. The van der Waals surface area contributed by atoms with E-state index in [2.05, 4.69) is 46.8 Å². The topological polar surface area (TPSA) is 66.0 Å². The van der Waals surface area contributed by atoms with E-state index < -0.39 is 0 Å². The molecule has 1 aliphatic heterocycles. The van der Waals surface area contributed by atoms with Gasteiger partial charge >= 0.3 is 0 Å². The van der Waals surface area contributed by atoms with Gasteiger partial charge in [0.05, 0.1) is 6.61 Å². The average molecular weight is 389 g/mol. The number of guanidine groups is 1. The van der Waals surface area contributed by atoms with Crippen molar-refractivity contribution < 1.29 is 9.53 Å². The maximum Gasteiger partial charge on any atom is 0.222 e. The quantitative estimate of drug-likeness (QED) is 0.310. The minimum absolute atomic E-state index is 0.292. The van der Waals surface area contributed by atoms with Gasteiger partial charge in [0.2, 0.25) is 5.91 Å². The second kappa shape index (κ2) is 14.0. The second-order valence-electron chi connectivity index (χ2n) is 7.08. The van der Waals surface area contributed by atoms with Crippen molar-refractivity contribution in [2.75, 3.05) is 45.9 Å². The van der Waals surface area contributed by atoms with Crippen LogP contribution >= 0.6 is 0 Å². The third-order valence-electron chi connectivity index (χ3n) is 4.76. The number of nitrogens with zero attached hydrogens (tertiary/aromatic N) is 2. The summed E-state index contributed by atoms with van der Waals surface area (Å²) in [6.07, 6.45) is 5.69. The first-order valence-corrected chi connectivity index (χ1v) is 10.7. The fourth-order valence-electron chi connectivity index (χ4n) is 3.21. The Labute approximate surface area is 169 Å². The van der Waals surface area contributed by atoms with Gasteiger partial charge in [-0.05, 0) is 44.6 Å². The van der Waals surface area contributed by atoms with E-state index in [0.717, 1.165) is 84.0 Å². The van der Waals surface area contributed by atoms with Crippen molar-refractivity contribution in [2.45, 2.75) is 45.4 Å². The summed E-state index contributed by atoms with van der Waals surface area (Å²) >= 11 is 0. The van der Waals surface area contributed by atoms with Gasteiger partial charge in [-0.15, -0.1) is 0 Å². The number of unbranched alkanes of at least 4 members (excludes halogenated alkanes) is 1. The van der Waals surface area contributed by atoms with Crippen LogP contribution in [0.15, 0.2) is 35.3 Å². The number of nitrogens with one attached hydrogen (secondary N) is 2. The predicted molar refractivity (Wildman–Crippen MR) is 115 cm³/mol. The molecule has 0 bridgehead atoms. The Morgan fingerprint density at radius 1 is 1.14 bits per heavy atom. The minimum Gasteiger partial charge on any atom is -0.381 e. The van der Waals surface area contributed by atoms with E-state index in [-0.39, 0.29) is 0 Å². The third kappa shape index (κ3) is 9.22. The molecular formula is C22H36N4O2. The number of amides is 1. The first-order valence-electron chi connectivity index (χ1n) is 10.7. The zero-order chi connectivity index (χ0) is 19.9. The Morgan fingerprint density at radius 2 is 2.00 bits per heavy atom. The Bertz CT molecular complexity index is 577. The number of carbonyl (C=O) groups is 1. The molecule has 1 aromatic carbocycles. The fraction of sp³-hybridized carbons (Fsp3) is 0.636. The molecule has 0 saturated carbocycles. The minimum atomic E-state index is 0.292. The lowest BCUT2D eigenvalue weighted by Gasteiger charge is -2.15. The number of hydrogen-bond acceptors (Lipinski definition) is 3. The van der Waals surface area contributed by atoms with Crippen LogP contribution < -0.4 is 10.6 Å². The molecule has 6 heteroatoms. The fourth-order valence-corrected chi connectivity index (χ4v) is 3.21. The molecule has 0 aromatic heterocycles. The number of benzene rings is 1. The first-order chi connectivity index (χ1) is 13.8. The van der Waals surface area contributed by atoms with E-state index in [9.17, 15) is 4.79 Å². The van der Waals surface area contributed by atoms with Crippen molar-refractivity contribution in [1.82, 2.24) is 15.5 Å². The van der Waals surface area contributed by atoms with E-state index in [0.29, 0.717) is 12.3 Å². The summed E-state index contributed by atoms with van der Waals surface area (Å²) in [6.45, 7) is 7.85. The standard InChI is InChI=1S/C22H36N4O2/c1-2-23-22(25-15-9-17-26-16-8-12-21(26)27)24-14-6-7-18-28-19-13-20-10-4-3-5-11-20/h3-5,10-11H,2,6-9,12-19H2,1H3,(H2,23,24,25). The largest absolute Gasteiger partial charge is 0.381 e. The summed E-state index contributed by atoms with van der Waals surface area (Å²) < 4.78 is 5.72. The molecule has 1 fully saturated rings. The van der Waals surface area contributed by atoms with Crippen LogP contribution in [-0.4, -0.2) is 62.7 Å². The molecule has 1 saturated heterocycles. The number of ether oxygens (including phenoxy) is 1. The molecule has 0 aliphatic carbocycles. The van der Waals surface area contributed by atoms with E-state index in [1.54, 1.807) is 0 Å². The molecule has 1 heterocycles. The molecule has 0 spiro atoms. The SMILES string of the molecule is CCNC(=NCCCN1CCCC1=O)NCCCCOCCc1ccccc1. The van der Waals surface area contributed by atoms with E-state index in [1.165, 1.54) is 5.56 Å². The molecule has 0 unspecified atom stereocenters. The molecule has 156 valence electrons. The van der Waals surface area contributed by atoms with E-state index in [4.69, 9.17) is 4.74 Å². The van der Waals surface area contributed by atoms with Gasteiger partial charge in [0, 0.05) is 45.8 Å². The van der Waals surface area contributed by atoms with Crippen molar-refractivity contribution in [3.63, 3.8) is 0 Å². The summed E-state index contributed by atoms with van der Waals surface area (Å²) in [4.78, 5) is 18.2. The predicted octanol–water partition coefficient (Wildman–Crippen LogP) is 2.59. The summed E-state index contributed by atoms with van der Waals surface area (Å²) in [7, 11) is 0. The molecule has 28 heavy (non-hydrogen) atoms. The number of hydrogen-bond donors (Lipinski definition) is 2. The van der Waals surface area contributed by atoms with Crippen LogP contribution in [-0.2, 0) is 16.0 Å². The molecule has 1 amide bonds. The molecule has 2 N–H and O–H groups in total. The molecular weight excluding hydrogens is 352 g/mol. The lowest BCUT2D eigenvalue weighted by molar-refractivity contribution is -0.127. The Kier molecular flexibility index (Phi) is 11.1. The normalized spacial score (nSPS) is 14.5. The first kappa shape index (κ1) is 22.2. The average Bonchev–Trinajstić information content (AvgIpc) is 3.12. The number of likely N-dealkylation sites (tertiary alicyclic amines) is 1. The second-order valence-corrected chi connectivity index (χ2v) is 7.08. The summed E-state index contributed by atoms with van der Waals surface area (Å²) in [5, 5.41) is 6.65. The van der Waals surface area contributed by atoms with Crippen molar-refractivity contribution in [3.8, 4) is 0 Å². The van der Waals surface area contributed by atoms with Gasteiger partial charge in [-0.3, -0.25) is 9.79 Å². The summed E-state index contributed by atoms with van der Waals surface area (Å²) in [5.74, 6) is 1.15. The maximum atomic E-state index is 11.6. The van der Waals surface area contributed by atoms with Crippen LogP contribution in [0, 0.1) is 0 Å². The maximum absolute atomic E-state index is 11.6. The van der Waals surface area contributed by atoms with E-state index in [1.807, 2.05) is 11.0 Å². The number of aliphatic imine (C=N–C) groups is 1. The summed E-state index contributed by atoms with van der Waals surface area (Å²) in [6, 6.07) is 10.4. The van der Waals surface area contributed by atoms with Gasteiger partial charge in [-0.2, -0.15) is 0 Å². The molecule has 1 aromatic rings. The van der Waals surface area contributed by atoms with Crippen molar-refractivity contribution >= 4 is 11.9 Å². The van der Waals surface area contributed by atoms with Crippen molar-refractivity contribution in [3.05, 3.63) is 35.9 Å². The van der Waals surface area contributed by atoms with Gasteiger partial charge in [0.15, 0.2) is 5.96 Å². The Hall–Kier alpha value is -2.08. The van der Waals surface area contributed by atoms with Crippen molar-refractivity contribution in [1.29, 1.82) is 0 Å². The van der Waals surface area contributed by atoms with Gasteiger partial charge in [0.1, 0.15) is 0 Å². The number of rotatable bonds is 13. The smallest absolute Gasteiger partial charge is 0.222 e. The van der Waals surface area contributed by atoms with Crippen LogP contribution in [0.25, 0.3) is 0 Å².